The van der Waals surface area contributed by atoms with E-state index in [1.807, 2.05) is 6.92 Å². The lowest BCUT2D eigenvalue weighted by Crippen LogP contribution is -2.31. The van der Waals surface area contributed by atoms with Crippen LogP contribution in [0.4, 0.5) is 0 Å². The highest BCUT2D eigenvalue weighted by Gasteiger charge is 2.27. The van der Waals surface area contributed by atoms with Crippen LogP contribution >= 0.6 is 15.9 Å². The van der Waals surface area contributed by atoms with E-state index < -0.39 is 0 Å². The number of hydrogen-bond donors (Lipinski definition) is 1. The first-order chi connectivity index (χ1) is 6.74. The number of hydrogen-bond acceptors (Lipinski definition) is 2. The van der Waals surface area contributed by atoms with Crippen LogP contribution in [0.15, 0.2) is 0 Å². The molecule has 3 nitrogen and oxygen atoms in total. The van der Waals surface area contributed by atoms with Crippen LogP contribution < -0.4 is 5.32 Å². The summed E-state index contributed by atoms with van der Waals surface area (Å²) in [5.74, 6) is 0.234. The minimum absolute atomic E-state index is 0.0778. The molecule has 1 rings (SSSR count). The van der Waals surface area contributed by atoms with Crippen LogP contribution in [-0.4, -0.2) is 30.5 Å². The van der Waals surface area contributed by atoms with Crippen molar-refractivity contribution in [2.45, 2.75) is 32.3 Å². The van der Waals surface area contributed by atoms with Crippen molar-refractivity contribution in [2.24, 2.45) is 5.92 Å². The Bertz CT molecular complexity index is 187. The molecule has 1 N–H and O–H groups in total. The molecule has 1 fully saturated rings. The summed E-state index contributed by atoms with van der Waals surface area (Å²) in [5, 5.41) is 3.95. The van der Waals surface area contributed by atoms with Crippen molar-refractivity contribution in [3.8, 4) is 0 Å². The Kier molecular flexibility index (Phi) is 5.48. The van der Waals surface area contributed by atoms with E-state index in [1.165, 1.54) is 0 Å². The smallest absolute Gasteiger partial charge is 0.225 e. The van der Waals surface area contributed by atoms with E-state index in [-0.39, 0.29) is 17.9 Å². The Labute approximate surface area is 93.7 Å². The molecule has 1 saturated heterocycles. The van der Waals surface area contributed by atoms with Crippen LogP contribution in [0.3, 0.4) is 0 Å². The lowest BCUT2D eigenvalue weighted by Gasteiger charge is -2.08. The lowest BCUT2D eigenvalue weighted by molar-refractivity contribution is -0.124. The first kappa shape index (κ1) is 12.0. The lowest BCUT2D eigenvalue weighted by atomic mass is 10.1. The van der Waals surface area contributed by atoms with E-state index in [2.05, 4.69) is 21.2 Å². The second kappa shape index (κ2) is 6.40. The fraction of sp³-hybridized carbons (Fsp3) is 0.900. The molecular formula is C10H18BrNO2. The summed E-state index contributed by atoms with van der Waals surface area (Å²) in [4.78, 5) is 11.6. The van der Waals surface area contributed by atoms with Crippen molar-refractivity contribution in [1.82, 2.24) is 5.32 Å². The standard InChI is InChI=1S/C10H18BrNO2/c1-8-6-9(7-14-8)10(13)12-5-3-2-4-11/h8-9H,2-7H2,1H3,(H,12,13). The first-order valence-corrected chi connectivity index (χ1v) is 6.31. The minimum atomic E-state index is 0.0778. The molecule has 1 aliphatic rings. The van der Waals surface area contributed by atoms with Crippen molar-refractivity contribution < 1.29 is 9.53 Å². The number of halogens is 1. The van der Waals surface area contributed by atoms with Crippen molar-refractivity contribution in [1.29, 1.82) is 0 Å². The molecule has 0 bridgehead atoms. The summed E-state index contributed by atoms with van der Waals surface area (Å²) in [5.41, 5.74) is 0. The third kappa shape index (κ3) is 3.96. The fourth-order valence-electron chi connectivity index (χ4n) is 1.58. The van der Waals surface area contributed by atoms with Gasteiger partial charge in [-0.2, -0.15) is 0 Å². The summed E-state index contributed by atoms with van der Waals surface area (Å²) in [6, 6.07) is 0. The molecule has 2 unspecified atom stereocenters. The monoisotopic (exact) mass is 263 g/mol. The number of rotatable bonds is 5. The molecule has 14 heavy (non-hydrogen) atoms. The van der Waals surface area contributed by atoms with Gasteiger partial charge in [0.05, 0.1) is 18.6 Å². The summed E-state index contributed by atoms with van der Waals surface area (Å²) in [6.07, 6.45) is 3.26. The Hall–Kier alpha value is -0.0900. The molecule has 2 atom stereocenters. The summed E-state index contributed by atoms with van der Waals surface area (Å²) in [6.45, 7) is 3.39. The topological polar surface area (TPSA) is 38.3 Å². The fourth-order valence-corrected chi connectivity index (χ4v) is 1.97. The Morgan fingerprint density at radius 2 is 2.36 bits per heavy atom. The molecule has 1 heterocycles. The zero-order chi connectivity index (χ0) is 10.4. The third-order valence-electron chi connectivity index (χ3n) is 2.43. The van der Waals surface area contributed by atoms with Gasteiger partial charge in [0.25, 0.3) is 0 Å². The largest absolute Gasteiger partial charge is 0.378 e. The molecular weight excluding hydrogens is 246 g/mol. The molecule has 0 aliphatic carbocycles. The highest BCUT2D eigenvalue weighted by atomic mass is 79.9. The van der Waals surface area contributed by atoms with Gasteiger partial charge in [-0.25, -0.2) is 0 Å². The SMILES string of the molecule is CC1CC(C(=O)NCCCCBr)CO1. The van der Waals surface area contributed by atoms with Crippen molar-refractivity contribution in [2.75, 3.05) is 18.5 Å². The molecule has 0 saturated carbocycles. The van der Waals surface area contributed by atoms with E-state index in [0.29, 0.717) is 6.61 Å². The highest BCUT2D eigenvalue weighted by molar-refractivity contribution is 9.09. The summed E-state index contributed by atoms with van der Waals surface area (Å²) < 4.78 is 5.35. The highest BCUT2D eigenvalue weighted by Crippen LogP contribution is 2.18. The molecule has 1 amide bonds. The molecule has 0 spiro atoms. The van der Waals surface area contributed by atoms with Gasteiger partial charge in [0, 0.05) is 11.9 Å². The third-order valence-corrected chi connectivity index (χ3v) is 2.99. The van der Waals surface area contributed by atoms with E-state index in [4.69, 9.17) is 4.74 Å². The van der Waals surface area contributed by atoms with Gasteiger partial charge >= 0.3 is 0 Å². The number of unbranched alkanes of at least 4 members (excludes halogenated alkanes) is 1. The van der Waals surface area contributed by atoms with Crippen LogP contribution in [0, 0.1) is 5.92 Å². The first-order valence-electron chi connectivity index (χ1n) is 5.19. The molecule has 1 aliphatic heterocycles. The predicted octanol–water partition coefficient (Wildman–Crippen LogP) is 1.70. The maximum atomic E-state index is 11.6. The van der Waals surface area contributed by atoms with Gasteiger partial charge in [0.1, 0.15) is 0 Å². The van der Waals surface area contributed by atoms with Crippen molar-refractivity contribution in [3.05, 3.63) is 0 Å². The maximum absolute atomic E-state index is 11.6. The second-order valence-electron chi connectivity index (χ2n) is 3.76. The van der Waals surface area contributed by atoms with Gasteiger partial charge in [-0.15, -0.1) is 0 Å². The average molecular weight is 264 g/mol. The number of ether oxygens (including phenoxy) is 1. The minimum Gasteiger partial charge on any atom is -0.378 e. The van der Waals surface area contributed by atoms with Gasteiger partial charge < -0.3 is 10.1 Å². The van der Waals surface area contributed by atoms with E-state index in [1.54, 1.807) is 0 Å². The zero-order valence-electron chi connectivity index (χ0n) is 8.59. The van der Waals surface area contributed by atoms with Crippen LogP contribution in [0.2, 0.25) is 0 Å². The number of alkyl halides is 1. The normalized spacial score (nSPS) is 26.4. The van der Waals surface area contributed by atoms with Gasteiger partial charge in [-0.3, -0.25) is 4.79 Å². The number of nitrogens with one attached hydrogen (secondary N) is 1. The Morgan fingerprint density at radius 1 is 1.57 bits per heavy atom. The van der Waals surface area contributed by atoms with E-state index >= 15 is 0 Å². The summed E-state index contributed by atoms with van der Waals surface area (Å²) in [7, 11) is 0. The van der Waals surface area contributed by atoms with E-state index in [0.717, 1.165) is 31.1 Å². The quantitative estimate of drug-likeness (QED) is 0.606. The van der Waals surface area contributed by atoms with Crippen LogP contribution in [-0.2, 0) is 9.53 Å². The number of carbonyl (C=O) groups is 1. The average Bonchev–Trinajstić information content (AvgIpc) is 2.59. The van der Waals surface area contributed by atoms with Gasteiger partial charge in [-0.05, 0) is 26.2 Å². The maximum Gasteiger partial charge on any atom is 0.225 e. The Morgan fingerprint density at radius 3 is 2.93 bits per heavy atom. The van der Waals surface area contributed by atoms with Gasteiger partial charge in [-0.1, -0.05) is 15.9 Å². The molecule has 0 aromatic carbocycles. The van der Waals surface area contributed by atoms with Gasteiger partial charge in [0.2, 0.25) is 5.91 Å². The van der Waals surface area contributed by atoms with Crippen molar-refractivity contribution in [3.63, 3.8) is 0 Å². The zero-order valence-corrected chi connectivity index (χ0v) is 10.2. The van der Waals surface area contributed by atoms with Crippen molar-refractivity contribution >= 4 is 21.8 Å². The van der Waals surface area contributed by atoms with Crippen LogP contribution in [0.1, 0.15) is 26.2 Å². The molecule has 0 aromatic heterocycles. The van der Waals surface area contributed by atoms with Gasteiger partial charge in [0.15, 0.2) is 0 Å². The van der Waals surface area contributed by atoms with E-state index in [9.17, 15) is 4.79 Å². The Balaban J connectivity index is 2.09. The molecule has 0 aromatic rings. The number of carbonyl (C=O) groups excluding carboxylic acids is 1. The van der Waals surface area contributed by atoms with Crippen LogP contribution in [0.25, 0.3) is 0 Å². The molecule has 0 radical (unpaired) electrons. The molecule has 82 valence electrons. The second-order valence-corrected chi connectivity index (χ2v) is 4.56. The predicted molar refractivity (Wildman–Crippen MR) is 59.6 cm³/mol. The van der Waals surface area contributed by atoms with Crippen LogP contribution in [0.5, 0.6) is 0 Å². The summed E-state index contributed by atoms with van der Waals surface area (Å²) >= 11 is 3.36. The molecule has 4 heteroatoms. The number of amides is 1.